The number of rotatable bonds is 5. The lowest BCUT2D eigenvalue weighted by molar-refractivity contribution is -0.148. The molecule has 0 bridgehead atoms. The van der Waals surface area contributed by atoms with Gasteiger partial charge in [0.25, 0.3) is 11.6 Å². The smallest absolute Gasteiger partial charge is 0.410 e. The molecule has 0 aliphatic carbocycles. The van der Waals surface area contributed by atoms with Crippen molar-refractivity contribution in [3.63, 3.8) is 0 Å². The summed E-state index contributed by atoms with van der Waals surface area (Å²) in [5, 5.41) is 2.67. The second kappa shape index (κ2) is 6.81. The number of anilines is 1. The molecule has 0 unspecified atom stereocenters. The van der Waals surface area contributed by atoms with Gasteiger partial charge < -0.3 is 14.4 Å². The quantitative estimate of drug-likeness (QED) is 0.663. The molecule has 1 aliphatic rings. The fourth-order valence-electron chi connectivity index (χ4n) is 2.64. The van der Waals surface area contributed by atoms with E-state index in [0.717, 1.165) is 18.5 Å². The minimum Gasteiger partial charge on any atom is -0.444 e. The van der Waals surface area contributed by atoms with E-state index in [9.17, 15) is 9.59 Å². The van der Waals surface area contributed by atoms with Crippen molar-refractivity contribution in [2.45, 2.75) is 51.9 Å². The number of alkyl carbamates (subject to hydrolysis) is 1. The maximum absolute atomic E-state index is 12.9. The average molecular weight is 334 g/mol. The van der Waals surface area contributed by atoms with Crippen LogP contribution in [-0.4, -0.2) is 31.3 Å². The van der Waals surface area contributed by atoms with E-state index in [0.29, 0.717) is 12.2 Å². The van der Waals surface area contributed by atoms with Gasteiger partial charge in [-0.3, -0.25) is 10.1 Å². The Kier molecular flexibility index (Phi) is 5.18. The van der Waals surface area contributed by atoms with Crippen LogP contribution in [-0.2, 0) is 20.0 Å². The van der Waals surface area contributed by atoms with Gasteiger partial charge >= 0.3 is 6.09 Å². The fourth-order valence-corrected chi connectivity index (χ4v) is 2.64. The number of amides is 2. The number of ether oxygens (including phenoxy) is 2. The van der Waals surface area contributed by atoms with Crippen LogP contribution in [0.4, 0.5) is 10.5 Å². The molecule has 6 nitrogen and oxygen atoms in total. The highest BCUT2D eigenvalue weighted by atomic mass is 16.6. The SMILES string of the molecule is CCCCO[C@@]1(NC(=O)OC(C)(C)C)C(=O)N(C)c2ccccc21. The number of hydrogen-bond donors (Lipinski definition) is 1. The number of unbranched alkanes of at least 4 members (excludes halogenated alkanes) is 1. The molecule has 2 rings (SSSR count). The van der Waals surface area contributed by atoms with Gasteiger partial charge in [0.05, 0.1) is 12.3 Å². The molecule has 132 valence electrons. The van der Waals surface area contributed by atoms with Crippen LogP contribution >= 0.6 is 0 Å². The third-order valence-corrected chi connectivity index (χ3v) is 3.74. The molecule has 0 fully saturated rings. The highest BCUT2D eigenvalue weighted by Crippen LogP contribution is 2.40. The lowest BCUT2D eigenvalue weighted by atomic mass is 10.0. The number of nitrogens with one attached hydrogen (secondary N) is 1. The Balaban J connectivity index is 2.37. The van der Waals surface area contributed by atoms with Gasteiger partial charge in [0.1, 0.15) is 5.60 Å². The standard InChI is InChI=1S/C18H26N2O4/c1-6-7-12-23-18(19-16(22)24-17(2,3)4)13-10-8-9-11-14(13)20(5)15(18)21/h8-11H,6-7,12H2,1-5H3,(H,19,22)/t18-/m1/s1. The maximum atomic E-state index is 12.9. The molecular weight excluding hydrogens is 308 g/mol. The molecule has 1 heterocycles. The number of benzene rings is 1. The van der Waals surface area contributed by atoms with Crippen molar-refractivity contribution < 1.29 is 19.1 Å². The lowest BCUT2D eigenvalue weighted by Crippen LogP contribution is -2.55. The molecule has 0 radical (unpaired) electrons. The molecule has 1 atom stereocenters. The van der Waals surface area contributed by atoms with Gasteiger partial charge in [-0.15, -0.1) is 0 Å². The van der Waals surface area contributed by atoms with Gasteiger partial charge in [-0.2, -0.15) is 0 Å². The summed E-state index contributed by atoms with van der Waals surface area (Å²) in [5.41, 5.74) is -0.862. The molecule has 2 amide bonds. The molecule has 0 aromatic heterocycles. The minimum atomic E-state index is -1.54. The second-order valence-corrected chi connectivity index (χ2v) is 6.89. The van der Waals surface area contributed by atoms with E-state index in [2.05, 4.69) is 5.32 Å². The van der Waals surface area contributed by atoms with E-state index in [1.165, 1.54) is 4.90 Å². The van der Waals surface area contributed by atoms with Crippen molar-refractivity contribution in [2.75, 3.05) is 18.6 Å². The number of fused-ring (bicyclic) bond motifs is 1. The summed E-state index contributed by atoms with van der Waals surface area (Å²) in [5.74, 6) is -0.328. The fraction of sp³-hybridized carbons (Fsp3) is 0.556. The number of carbonyl (C=O) groups is 2. The van der Waals surface area contributed by atoms with Crippen LogP contribution in [0.3, 0.4) is 0 Å². The normalized spacial score (nSPS) is 20.0. The molecular formula is C18H26N2O4. The van der Waals surface area contributed by atoms with Crippen molar-refractivity contribution in [1.29, 1.82) is 0 Å². The first kappa shape index (κ1) is 18.3. The van der Waals surface area contributed by atoms with Gasteiger partial charge in [-0.1, -0.05) is 31.5 Å². The first-order valence-electron chi connectivity index (χ1n) is 8.24. The highest BCUT2D eigenvalue weighted by Gasteiger charge is 2.53. The van der Waals surface area contributed by atoms with Crippen LogP contribution in [0.2, 0.25) is 0 Å². The van der Waals surface area contributed by atoms with Crippen molar-refractivity contribution in [3.05, 3.63) is 29.8 Å². The number of likely N-dealkylation sites (N-methyl/N-ethyl adjacent to an activating group) is 1. The predicted molar refractivity (Wildman–Crippen MR) is 91.8 cm³/mol. The zero-order valence-corrected chi connectivity index (χ0v) is 15.0. The molecule has 1 aromatic rings. The number of hydrogen-bond acceptors (Lipinski definition) is 4. The van der Waals surface area contributed by atoms with Crippen LogP contribution in [0.25, 0.3) is 0 Å². The van der Waals surface area contributed by atoms with Gasteiger partial charge in [-0.05, 0) is 33.3 Å². The zero-order valence-electron chi connectivity index (χ0n) is 15.0. The van der Waals surface area contributed by atoms with Gasteiger partial charge in [-0.25, -0.2) is 4.79 Å². The first-order valence-corrected chi connectivity index (χ1v) is 8.24. The topological polar surface area (TPSA) is 67.9 Å². The second-order valence-electron chi connectivity index (χ2n) is 6.89. The van der Waals surface area contributed by atoms with E-state index in [4.69, 9.17) is 9.47 Å². The van der Waals surface area contributed by atoms with Crippen molar-refractivity contribution in [2.24, 2.45) is 0 Å². The molecule has 1 aromatic carbocycles. The average Bonchev–Trinajstić information content (AvgIpc) is 2.69. The van der Waals surface area contributed by atoms with Crippen molar-refractivity contribution in [1.82, 2.24) is 5.32 Å². The Morgan fingerprint density at radius 2 is 1.96 bits per heavy atom. The van der Waals surface area contributed by atoms with Crippen LogP contribution in [0, 0.1) is 0 Å². The zero-order chi connectivity index (χ0) is 18.0. The summed E-state index contributed by atoms with van der Waals surface area (Å²) in [7, 11) is 1.67. The number of nitrogens with zero attached hydrogens (tertiary/aromatic N) is 1. The van der Waals surface area contributed by atoms with Crippen molar-refractivity contribution >= 4 is 17.7 Å². The van der Waals surface area contributed by atoms with Gasteiger partial charge in [0.2, 0.25) is 0 Å². The summed E-state index contributed by atoms with van der Waals surface area (Å²) in [6.45, 7) is 7.71. The summed E-state index contributed by atoms with van der Waals surface area (Å²) < 4.78 is 11.3. The Labute approximate surface area is 143 Å². The highest BCUT2D eigenvalue weighted by molar-refractivity contribution is 6.07. The monoisotopic (exact) mass is 334 g/mol. The molecule has 1 aliphatic heterocycles. The Morgan fingerprint density at radius 1 is 1.29 bits per heavy atom. The molecule has 0 saturated carbocycles. The van der Waals surface area contributed by atoms with Crippen LogP contribution in [0.5, 0.6) is 0 Å². The molecule has 1 N–H and O–H groups in total. The van der Waals surface area contributed by atoms with Crippen LogP contribution < -0.4 is 10.2 Å². The Morgan fingerprint density at radius 3 is 2.58 bits per heavy atom. The maximum Gasteiger partial charge on any atom is 0.410 e. The van der Waals surface area contributed by atoms with Crippen molar-refractivity contribution in [3.8, 4) is 0 Å². The Hall–Kier alpha value is -2.08. The van der Waals surface area contributed by atoms with Crippen LogP contribution in [0.15, 0.2) is 24.3 Å². The minimum absolute atomic E-state index is 0.328. The van der Waals surface area contributed by atoms with E-state index < -0.39 is 17.4 Å². The third kappa shape index (κ3) is 3.53. The van der Waals surface area contributed by atoms with E-state index in [1.54, 1.807) is 33.9 Å². The van der Waals surface area contributed by atoms with Crippen LogP contribution in [0.1, 0.15) is 46.1 Å². The predicted octanol–water partition coefficient (Wildman–Crippen LogP) is 3.16. The molecule has 6 heteroatoms. The number of para-hydroxylation sites is 1. The van der Waals surface area contributed by atoms with Gasteiger partial charge in [0.15, 0.2) is 0 Å². The summed E-state index contributed by atoms with van der Waals surface area (Å²) in [6, 6.07) is 7.28. The molecule has 0 spiro atoms. The third-order valence-electron chi connectivity index (χ3n) is 3.74. The van der Waals surface area contributed by atoms with E-state index in [1.807, 2.05) is 25.1 Å². The van der Waals surface area contributed by atoms with E-state index in [-0.39, 0.29) is 5.91 Å². The molecule has 0 saturated heterocycles. The summed E-state index contributed by atoms with van der Waals surface area (Å²) in [6.07, 6.45) is 1.03. The van der Waals surface area contributed by atoms with Gasteiger partial charge in [0, 0.05) is 12.6 Å². The molecule has 24 heavy (non-hydrogen) atoms. The number of carbonyl (C=O) groups excluding carboxylic acids is 2. The van der Waals surface area contributed by atoms with E-state index >= 15 is 0 Å². The summed E-state index contributed by atoms with van der Waals surface area (Å²) in [4.78, 5) is 26.7. The largest absolute Gasteiger partial charge is 0.444 e. The first-order chi connectivity index (χ1) is 11.2. The summed E-state index contributed by atoms with van der Waals surface area (Å²) >= 11 is 0. The lowest BCUT2D eigenvalue weighted by Gasteiger charge is -2.30. The Bertz CT molecular complexity index is 624.